The van der Waals surface area contributed by atoms with Gasteiger partial charge in [0.1, 0.15) is 0 Å². The highest BCUT2D eigenvalue weighted by Gasteiger charge is 2.35. The standard InChI is InChI=1S/C19H31BNO3/c1-18(2,23)19(3,4)24-20-17-7-5-15(6-8-17)16-9-11-21(12-10-16)13-14-22/h5-8,16,22-23H,9-14H2,1-4H3. The molecule has 1 aromatic carbocycles. The fourth-order valence-electron chi connectivity index (χ4n) is 2.84. The second-order valence-electron chi connectivity index (χ2n) is 7.81. The lowest BCUT2D eigenvalue weighted by Crippen LogP contribution is -2.49. The van der Waals surface area contributed by atoms with E-state index >= 15 is 0 Å². The first-order chi connectivity index (χ1) is 11.2. The van der Waals surface area contributed by atoms with Gasteiger partial charge >= 0.3 is 7.48 Å². The highest BCUT2D eigenvalue weighted by molar-refractivity contribution is 6.47. The predicted octanol–water partition coefficient (Wildman–Crippen LogP) is 1.67. The Kier molecular flexibility index (Phi) is 6.49. The molecule has 2 rings (SSSR count). The summed E-state index contributed by atoms with van der Waals surface area (Å²) in [5, 5.41) is 19.1. The van der Waals surface area contributed by atoms with Crippen molar-refractivity contribution >= 4 is 12.9 Å². The zero-order valence-corrected chi connectivity index (χ0v) is 15.5. The number of benzene rings is 1. The Balaban J connectivity index is 1.87. The van der Waals surface area contributed by atoms with Gasteiger partial charge in [-0.25, -0.2) is 0 Å². The van der Waals surface area contributed by atoms with E-state index in [0.29, 0.717) is 5.92 Å². The van der Waals surface area contributed by atoms with Crippen LogP contribution in [0.15, 0.2) is 24.3 Å². The maximum atomic E-state index is 10.1. The molecule has 5 heteroatoms. The first kappa shape index (κ1) is 19.4. The van der Waals surface area contributed by atoms with Crippen LogP contribution < -0.4 is 5.46 Å². The van der Waals surface area contributed by atoms with E-state index in [-0.39, 0.29) is 6.61 Å². The van der Waals surface area contributed by atoms with E-state index in [1.807, 2.05) is 13.8 Å². The van der Waals surface area contributed by atoms with Crippen LogP contribution in [0.5, 0.6) is 0 Å². The van der Waals surface area contributed by atoms with Gasteiger partial charge in [-0.05, 0) is 65.1 Å². The first-order valence-corrected chi connectivity index (χ1v) is 8.89. The number of β-amino-alcohol motifs (C(OH)–C–C–N with tert-alkyl or cyclic N) is 1. The van der Waals surface area contributed by atoms with Crippen LogP contribution in [0.25, 0.3) is 0 Å². The summed E-state index contributed by atoms with van der Waals surface area (Å²) in [5.41, 5.74) is 0.823. The van der Waals surface area contributed by atoms with Crippen molar-refractivity contribution in [2.24, 2.45) is 0 Å². The fourth-order valence-corrected chi connectivity index (χ4v) is 2.84. The molecule has 0 aliphatic carbocycles. The van der Waals surface area contributed by atoms with Crippen molar-refractivity contribution in [1.29, 1.82) is 0 Å². The Morgan fingerprint density at radius 1 is 1.12 bits per heavy atom. The number of aliphatic hydroxyl groups excluding tert-OH is 1. The third-order valence-electron chi connectivity index (χ3n) is 5.37. The van der Waals surface area contributed by atoms with E-state index in [9.17, 15) is 5.11 Å². The fraction of sp³-hybridized carbons (Fsp3) is 0.684. The largest absolute Gasteiger partial charge is 0.427 e. The number of hydrogen-bond donors (Lipinski definition) is 2. The van der Waals surface area contributed by atoms with E-state index in [1.165, 1.54) is 5.56 Å². The van der Waals surface area contributed by atoms with Gasteiger partial charge in [-0.3, -0.25) is 0 Å². The minimum absolute atomic E-state index is 0.246. The zero-order valence-electron chi connectivity index (χ0n) is 15.5. The molecule has 0 bridgehead atoms. The molecule has 0 saturated carbocycles. The lowest BCUT2D eigenvalue weighted by Gasteiger charge is -2.37. The SMILES string of the molecule is CC(C)(O)C(C)(C)O[B]c1ccc(C2CCN(CCO)CC2)cc1. The lowest BCUT2D eigenvalue weighted by atomic mass is 9.81. The van der Waals surface area contributed by atoms with E-state index in [1.54, 1.807) is 21.3 Å². The molecule has 0 aromatic heterocycles. The number of nitrogens with zero attached hydrogens (tertiary/aromatic N) is 1. The number of likely N-dealkylation sites (tertiary alicyclic amines) is 1. The summed E-state index contributed by atoms with van der Waals surface area (Å²) in [4.78, 5) is 2.32. The van der Waals surface area contributed by atoms with Crippen LogP contribution >= 0.6 is 0 Å². The minimum atomic E-state index is -0.911. The van der Waals surface area contributed by atoms with E-state index < -0.39 is 11.2 Å². The maximum Gasteiger partial charge on any atom is 0.330 e. The molecule has 4 nitrogen and oxygen atoms in total. The van der Waals surface area contributed by atoms with Crippen LogP contribution in [0, 0.1) is 0 Å². The number of hydrogen-bond acceptors (Lipinski definition) is 4. The van der Waals surface area contributed by atoms with Crippen LogP contribution in [0.1, 0.15) is 52.0 Å². The Morgan fingerprint density at radius 3 is 2.21 bits per heavy atom. The van der Waals surface area contributed by atoms with Crippen molar-refractivity contribution in [2.75, 3.05) is 26.2 Å². The Hall–Kier alpha value is -0.875. The highest BCUT2D eigenvalue weighted by Crippen LogP contribution is 2.27. The zero-order chi connectivity index (χ0) is 17.8. The first-order valence-electron chi connectivity index (χ1n) is 8.89. The van der Waals surface area contributed by atoms with Gasteiger partial charge in [0.05, 0.1) is 17.8 Å². The molecule has 2 N–H and O–H groups in total. The molecular formula is C19H31BNO3. The van der Waals surface area contributed by atoms with Crippen molar-refractivity contribution in [3.63, 3.8) is 0 Å². The summed E-state index contributed by atoms with van der Waals surface area (Å²) < 4.78 is 5.80. The third-order valence-corrected chi connectivity index (χ3v) is 5.37. The minimum Gasteiger partial charge on any atom is -0.427 e. The molecule has 0 atom stereocenters. The molecule has 133 valence electrons. The summed E-state index contributed by atoms with van der Waals surface area (Å²) in [7, 11) is 1.73. The Labute approximate surface area is 147 Å². The van der Waals surface area contributed by atoms with Crippen molar-refractivity contribution < 1.29 is 14.9 Å². The van der Waals surface area contributed by atoms with E-state index in [0.717, 1.165) is 37.9 Å². The smallest absolute Gasteiger partial charge is 0.330 e. The van der Waals surface area contributed by atoms with Gasteiger partial charge in [0.15, 0.2) is 0 Å². The number of piperidine rings is 1. The molecule has 1 aliphatic rings. The molecule has 1 fully saturated rings. The van der Waals surface area contributed by atoms with Gasteiger partial charge in [-0.1, -0.05) is 29.7 Å². The quantitative estimate of drug-likeness (QED) is 0.746. The highest BCUT2D eigenvalue weighted by atomic mass is 16.5. The summed E-state index contributed by atoms with van der Waals surface area (Å²) in [6.07, 6.45) is 2.29. The van der Waals surface area contributed by atoms with Crippen LogP contribution in [-0.2, 0) is 4.65 Å². The van der Waals surface area contributed by atoms with Gasteiger partial charge in [0, 0.05) is 6.54 Å². The molecule has 1 radical (unpaired) electrons. The molecule has 1 saturated heterocycles. The van der Waals surface area contributed by atoms with Crippen LogP contribution in [0.4, 0.5) is 0 Å². The average Bonchev–Trinajstić information content (AvgIpc) is 2.54. The molecule has 0 spiro atoms. The summed E-state index contributed by atoms with van der Waals surface area (Å²) in [6.45, 7) is 10.4. The van der Waals surface area contributed by atoms with Crippen LogP contribution in [0.2, 0.25) is 0 Å². The van der Waals surface area contributed by atoms with Crippen molar-refractivity contribution in [1.82, 2.24) is 4.90 Å². The predicted molar refractivity (Wildman–Crippen MR) is 98.8 cm³/mol. The topological polar surface area (TPSA) is 52.9 Å². The molecular weight excluding hydrogens is 301 g/mol. The molecule has 0 amide bonds. The van der Waals surface area contributed by atoms with Gasteiger partial charge in [-0.15, -0.1) is 0 Å². The van der Waals surface area contributed by atoms with Crippen molar-refractivity contribution in [2.45, 2.75) is 57.7 Å². The number of aliphatic hydroxyl groups is 2. The molecule has 1 aliphatic heterocycles. The summed E-state index contributed by atoms with van der Waals surface area (Å²) >= 11 is 0. The summed E-state index contributed by atoms with van der Waals surface area (Å²) in [6, 6.07) is 8.52. The van der Waals surface area contributed by atoms with Crippen molar-refractivity contribution in [3.05, 3.63) is 29.8 Å². The second-order valence-corrected chi connectivity index (χ2v) is 7.81. The van der Waals surface area contributed by atoms with Crippen molar-refractivity contribution in [3.8, 4) is 0 Å². The van der Waals surface area contributed by atoms with Gasteiger partial charge < -0.3 is 19.8 Å². The molecule has 24 heavy (non-hydrogen) atoms. The Bertz CT molecular complexity index is 502. The Morgan fingerprint density at radius 2 is 1.71 bits per heavy atom. The second kappa shape index (κ2) is 8.00. The van der Waals surface area contributed by atoms with E-state index in [2.05, 4.69) is 29.2 Å². The molecule has 1 heterocycles. The normalized spacial score (nSPS) is 17.9. The molecule has 1 aromatic rings. The van der Waals surface area contributed by atoms with Crippen LogP contribution in [-0.4, -0.2) is 60.0 Å². The third kappa shape index (κ3) is 5.06. The number of rotatable bonds is 7. The lowest BCUT2D eigenvalue weighted by molar-refractivity contribution is -0.0893. The van der Waals surface area contributed by atoms with Gasteiger partial charge in [0.25, 0.3) is 0 Å². The van der Waals surface area contributed by atoms with Crippen LogP contribution in [0.3, 0.4) is 0 Å². The monoisotopic (exact) mass is 332 g/mol. The molecule has 0 unspecified atom stereocenters. The summed E-state index contributed by atoms with van der Waals surface area (Å²) in [5.74, 6) is 0.600. The van der Waals surface area contributed by atoms with Gasteiger partial charge in [0.2, 0.25) is 0 Å². The maximum absolute atomic E-state index is 10.1. The van der Waals surface area contributed by atoms with E-state index in [4.69, 9.17) is 9.76 Å². The van der Waals surface area contributed by atoms with Gasteiger partial charge in [-0.2, -0.15) is 0 Å². The average molecular weight is 332 g/mol.